The standard InChI is InChI=1S/C16H12ClFN2O3/c17-11-8-10(2-3-12(11)18)19-16(22)9-1-4-14-13(7-9)20-15(21)5-6-23-14/h1-4,7-8H,5-6H2,(H,19,22)(H,20,21). The van der Waals surface area contributed by atoms with Gasteiger partial charge in [-0.1, -0.05) is 11.6 Å². The number of carbonyl (C=O) groups excluding carboxylic acids is 2. The third-order valence-electron chi connectivity index (χ3n) is 3.28. The number of ether oxygens (including phenoxy) is 1. The molecule has 0 bridgehead atoms. The van der Waals surface area contributed by atoms with E-state index >= 15 is 0 Å². The number of anilines is 2. The summed E-state index contributed by atoms with van der Waals surface area (Å²) >= 11 is 5.68. The number of hydrogen-bond acceptors (Lipinski definition) is 3. The van der Waals surface area contributed by atoms with E-state index in [1.54, 1.807) is 12.1 Å². The summed E-state index contributed by atoms with van der Waals surface area (Å²) in [7, 11) is 0. The molecule has 0 atom stereocenters. The smallest absolute Gasteiger partial charge is 0.255 e. The quantitative estimate of drug-likeness (QED) is 0.884. The second-order valence-corrected chi connectivity index (χ2v) is 5.35. The van der Waals surface area contributed by atoms with Crippen molar-refractivity contribution >= 4 is 34.8 Å². The van der Waals surface area contributed by atoms with Gasteiger partial charge in [0.15, 0.2) is 0 Å². The molecule has 1 aliphatic heterocycles. The Morgan fingerprint density at radius 2 is 2.09 bits per heavy atom. The Balaban J connectivity index is 1.82. The van der Waals surface area contributed by atoms with Crippen molar-refractivity contribution < 1.29 is 18.7 Å². The van der Waals surface area contributed by atoms with Crippen LogP contribution in [0.25, 0.3) is 0 Å². The highest BCUT2D eigenvalue weighted by atomic mass is 35.5. The topological polar surface area (TPSA) is 67.4 Å². The second kappa shape index (κ2) is 6.26. The molecule has 0 unspecified atom stereocenters. The number of benzene rings is 2. The first kappa shape index (κ1) is 15.3. The molecule has 2 N–H and O–H groups in total. The molecule has 0 saturated carbocycles. The molecule has 1 aliphatic rings. The summed E-state index contributed by atoms with van der Waals surface area (Å²) in [5, 5.41) is 5.22. The predicted octanol–water partition coefficient (Wildman–Crippen LogP) is 3.45. The second-order valence-electron chi connectivity index (χ2n) is 4.94. The first-order valence-corrected chi connectivity index (χ1v) is 7.24. The van der Waals surface area contributed by atoms with E-state index in [1.807, 2.05) is 0 Å². The predicted molar refractivity (Wildman–Crippen MR) is 84.5 cm³/mol. The Hall–Kier alpha value is -2.60. The molecule has 2 aromatic rings. The zero-order valence-electron chi connectivity index (χ0n) is 11.9. The Morgan fingerprint density at radius 3 is 2.87 bits per heavy atom. The van der Waals surface area contributed by atoms with Crippen molar-refractivity contribution in [3.05, 3.63) is 52.8 Å². The zero-order chi connectivity index (χ0) is 16.4. The molecule has 1 heterocycles. The molecule has 0 fully saturated rings. The van der Waals surface area contributed by atoms with Crippen molar-refractivity contribution in [2.75, 3.05) is 17.2 Å². The first-order chi connectivity index (χ1) is 11.0. The molecule has 0 saturated heterocycles. The maximum absolute atomic E-state index is 13.1. The lowest BCUT2D eigenvalue weighted by molar-refractivity contribution is -0.116. The molecule has 0 spiro atoms. The van der Waals surface area contributed by atoms with E-state index in [1.165, 1.54) is 24.3 Å². The molecular weight excluding hydrogens is 323 g/mol. The van der Waals surface area contributed by atoms with Crippen LogP contribution in [0, 0.1) is 5.82 Å². The Kier molecular flexibility index (Phi) is 4.16. The number of fused-ring (bicyclic) bond motifs is 1. The van der Waals surface area contributed by atoms with Crippen molar-refractivity contribution in [1.82, 2.24) is 0 Å². The van der Waals surface area contributed by atoms with Gasteiger partial charge in [-0.15, -0.1) is 0 Å². The van der Waals surface area contributed by atoms with Crippen LogP contribution >= 0.6 is 11.6 Å². The van der Waals surface area contributed by atoms with Gasteiger partial charge in [-0.05, 0) is 36.4 Å². The van der Waals surface area contributed by atoms with Gasteiger partial charge in [0, 0.05) is 11.3 Å². The van der Waals surface area contributed by atoms with Crippen molar-refractivity contribution in [3.63, 3.8) is 0 Å². The molecule has 0 aliphatic carbocycles. The molecule has 23 heavy (non-hydrogen) atoms. The van der Waals surface area contributed by atoms with Crippen molar-refractivity contribution in [2.24, 2.45) is 0 Å². The highest BCUT2D eigenvalue weighted by Gasteiger charge is 2.16. The fraction of sp³-hybridized carbons (Fsp3) is 0.125. The minimum atomic E-state index is -0.561. The fourth-order valence-corrected chi connectivity index (χ4v) is 2.32. The van der Waals surface area contributed by atoms with Crippen LogP contribution in [0.15, 0.2) is 36.4 Å². The molecule has 3 rings (SSSR count). The maximum atomic E-state index is 13.1. The van der Waals surface area contributed by atoms with E-state index in [0.29, 0.717) is 29.3 Å². The summed E-state index contributed by atoms with van der Waals surface area (Å²) in [6.07, 6.45) is 0.254. The van der Waals surface area contributed by atoms with E-state index in [-0.39, 0.29) is 17.4 Å². The maximum Gasteiger partial charge on any atom is 0.255 e. The van der Waals surface area contributed by atoms with Gasteiger partial charge in [0.2, 0.25) is 5.91 Å². The third-order valence-corrected chi connectivity index (χ3v) is 3.57. The van der Waals surface area contributed by atoms with Gasteiger partial charge >= 0.3 is 0 Å². The molecule has 2 aromatic carbocycles. The van der Waals surface area contributed by atoms with Crippen LogP contribution in [0.1, 0.15) is 16.8 Å². The van der Waals surface area contributed by atoms with Crippen LogP contribution in [0.4, 0.5) is 15.8 Å². The summed E-state index contributed by atoms with van der Waals surface area (Å²) in [6, 6.07) is 8.63. The van der Waals surface area contributed by atoms with E-state index < -0.39 is 11.7 Å². The van der Waals surface area contributed by atoms with Gasteiger partial charge in [-0.2, -0.15) is 0 Å². The van der Waals surface area contributed by atoms with Gasteiger partial charge in [0.25, 0.3) is 5.91 Å². The summed E-state index contributed by atoms with van der Waals surface area (Å²) in [6.45, 7) is 0.290. The Labute approximate surface area is 136 Å². The molecule has 118 valence electrons. The number of amides is 2. The lowest BCUT2D eigenvalue weighted by atomic mass is 10.1. The van der Waals surface area contributed by atoms with Crippen LogP contribution in [0.5, 0.6) is 5.75 Å². The number of halogens is 2. The molecular formula is C16H12ClFN2O3. The van der Waals surface area contributed by atoms with E-state index in [9.17, 15) is 14.0 Å². The van der Waals surface area contributed by atoms with E-state index in [0.717, 1.165) is 0 Å². The van der Waals surface area contributed by atoms with Gasteiger partial charge < -0.3 is 15.4 Å². The number of rotatable bonds is 2. The van der Waals surface area contributed by atoms with Crippen LogP contribution in [-0.2, 0) is 4.79 Å². The Morgan fingerprint density at radius 1 is 1.26 bits per heavy atom. The average molecular weight is 335 g/mol. The molecule has 5 nitrogen and oxygen atoms in total. The van der Waals surface area contributed by atoms with Crippen LogP contribution in [-0.4, -0.2) is 18.4 Å². The minimum Gasteiger partial charge on any atom is -0.491 e. The number of hydrogen-bond donors (Lipinski definition) is 2. The van der Waals surface area contributed by atoms with Crippen LogP contribution < -0.4 is 15.4 Å². The third kappa shape index (κ3) is 3.43. The Bertz CT molecular complexity index is 795. The van der Waals surface area contributed by atoms with Gasteiger partial charge in [0.1, 0.15) is 11.6 Å². The highest BCUT2D eigenvalue weighted by Crippen LogP contribution is 2.28. The summed E-state index contributed by atoms with van der Waals surface area (Å²) < 4.78 is 18.6. The average Bonchev–Trinajstić information content (AvgIpc) is 2.70. The fourth-order valence-electron chi connectivity index (χ4n) is 2.14. The minimum absolute atomic E-state index is 0.0783. The normalized spacial score (nSPS) is 13.4. The van der Waals surface area contributed by atoms with Crippen molar-refractivity contribution in [1.29, 1.82) is 0 Å². The van der Waals surface area contributed by atoms with Crippen molar-refractivity contribution in [3.8, 4) is 5.75 Å². The first-order valence-electron chi connectivity index (χ1n) is 6.86. The molecule has 2 amide bonds. The van der Waals surface area contributed by atoms with Gasteiger partial charge in [0.05, 0.1) is 23.7 Å². The number of carbonyl (C=O) groups is 2. The zero-order valence-corrected chi connectivity index (χ0v) is 12.6. The lowest BCUT2D eigenvalue weighted by Crippen LogP contribution is -2.13. The van der Waals surface area contributed by atoms with Gasteiger partial charge in [-0.3, -0.25) is 9.59 Å². The molecule has 0 radical (unpaired) electrons. The lowest BCUT2D eigenvalue weighted by Gasteiger charge is -2.10. The monoisotopic (exact) mass is 334 g/mol. The van der Waals surface area contributed by atoms with Crippen LogP contribution in [0.2, 0.25) is 5.02 Å². The summed E-state index contributed by atoms with van der Waals surface area (Å²) in [5.41, 5.74) is 1.14. The largest absolute Gasteiger partial charge is 0.491 e. The molecule has 0 aromatic heterocycles. The van der Waals surface area contributed by atoms with Crippen LogP contribution in [0.3, 0.4) is 0 Å². The number of nitrogens with one attached hydrogen (secondary N) is 2. The van der Waals surface area contributed by atoms with E-state index in [2.05, 4.69) is 10.6 Å². The highest BCUT2D eigenvalue weighted by molar-refractivity contribution is 6.31. The SMILES string of the molecule is O=C1CCOc2ccc(C(=O)Nc3ccc(F)c(Cl)c3)cc2N1. The summed E-state index contributed by atoms with van der Waals surface area (Å²) in [5.74, 6) is -0.632. The van der Waals surface area contributed by atoms with Gasteiger partial charge in [-0.25, -0.2) is 4.39 Å². The summed E-state index contributed by atoms with van der Waals surface area (Å²) in [4.78, 5) is 23.8. The van der Waals surface area contributed by atoms with Crippen molar-refractivity contribution in [2.45, 2.75) is 6.42 Å². The van der Waals surface area contributed by atoms with E-state index in [4.69, 9.17) is 16.3 Å². The molecule has 7 heteroatoms.